The highest BCUT2D eigenvalue weighted by Crippen LogP contribution is 2.25. The van der Waals surface area contributed by atoms with Gasteiger partial charge in [-0.3, -0.25) is 9.69 Å². The fourth-order valence-electron chi connectivity index (χ4n) is 3.71. The lowest BCUT2D eigenvalue weighted by molar-refractivity contribution is -0.120. The summed E-state index contributed by atoms with van der Waals surface area (Å²) in [7, 11) is 0. The predicted molar refractivity (Wildman–Crippen MR) is 125 cm³/mol. The molecule has 0 bridgehead atoms. The van der Waals surface area contributed by atoms with Crippen molar-refractivity contribution in [2.75, 3.05) is 39.3 Å². The van der Waals surface area contributed by atoms with E-state index in [1.54, 1.807) is 24.3 Å². The second kappa shape index (κ2) is 11.8. The number of carbonyl (C=O) groups excluding carboxylic acids is 1. The summed E-state index contributed by atoms with van der Waals surface area (Å²) in [6.45, 7) is 4.04. The number of carbonyl (C=O) groups is 1. The fourth-order valence-corrected chi connectivity index (χ4v) is 3.71. The standard InChI is InChI=1S/C25H27F2N5O3/c26-20-3-1-2-18(12-20)15-30-25(33)14-24-28-16-19(17-29-24)22-5-4-21(13-23(22)27)35-11-10-31-6-8-32(34)9-7-31/h1-5,12-13,16-17,34H,6-11,14-15H2,(H,30,33). The van der Waals surface area contributed by atoms with E-state index in [1.807, 2.05) is 0 Å². The number of hydroxylamine groups is 2. The molecule has 0 aliphatic carbocycles. The average Bonchev–Trinajstić information content (AvgIpc) is 2.85. The number of hydrogen-bond donors (Lipinski definition) is 2. The fraction of sp³-hybridized carbons (Fsp3) is 0.320. The quantitative estimate of drug-likeness (QED) is 0.484. The van der Waals surface area contributed by atoms with Crippen molar-refractivity contribution in [2.45, 2.75) is 13.0 Å². The molecule has 1 aliphatic rings. The summed E-state index contributed by atoms with van der Waals surface area (Å²) in [6, 6.07) is 10.6. The van der Waals surface area contributed by atoms with Crippen LogP contribution in [0.2, 0.25) is 0 Å². The molecule has 3 aromatic rings. The normalized spacial score (nSPS) is 14.6. The van der Waals surface area contributed by atoms with Crippen LogP contribution in [0.25, 0.3) is 11.1 Å². The maximum Gasteiger partial charge on any atom is 0.227 e. The number of rotatable bonds is 9. The van der Waals surface area contributed by atoms with Gasteiger partial charge in [0.05, 0.1) is 6.42 Å². The van der Waals surface area contributed by atoms with E-state index in [0.717, 1.165) is 13.1 Å². The minimum Gasteiger partial charge on any atom is -0.492 e. The highest BCUT2D eigenvalue weighted by atomic mass is 19.1. The lowest BCUT2D eigenvalue weighted by Crippen LogP contribution is -2.45. The van der Waals surface area contributed by atoms with Crippen LogP contribution in [-0.2, 0) is 17.8 Å². The van der Waals surface area contributed by atoms with Crippen LogP contribution in [0, 0.1) is 11.6 Å². The van der Waals surface area contributed by atoms with Crippen molar-refractivity contribution in [1.29, 1.82) is 0 Å². The molecule has 0 saturated carbocycles. The number of benzene rings is 2. The molecule has 1 saturated heterocycles. The SMILES string of the molecule is O=C(Cc1ncc(-c2ccc(OCCN3CCN(O)CC3)cc2F)cn1)NCc1cccc(F)c1. The number of nitrogens with zero attached hydrogens (tertiary/aromatic N) is 4. The van der Waals surface area contributed by atoms with Crippen LogP contribution in [0.3, 0.4) is 0 Å². The van der Waals surface area contributed by atoms with Gasteiger partial charge in [0.25, 0.3) is 0 Å². The largest absolute Gasteiger partial charge is 0.492 e. The van der Waals surface area contributed by atoms with Gasteiger partial charge in [0.15, 0.2) is 0 Å². The number of amides is 1. The topological polar surface area (TPSA) is 90.8 Å². The van der Waals surface area contributed by atoms with Crippen LogP contribution in [-0.4, -0.2) is 70.4 Å². The third-order valence-electron chi connectivity index (χ3n) is 5.68. The van der Waals surface area contributed by atoms with Crippen LogP contribution >= 0.6 is 0 Å². The maximum absolute atomic E-state index is 14.7. The Hall–Kier alpha value is -3.47. The van der Waals surface area contributed by atoms with E-state index in [9.17, 15) is 18.8 Å². The lowest BCUT2D eigenvalue weighted by Gasteiger charge is -2.30. The van der Waals surface area contributed by atoms with Gasteiger partial charge in [0, 0.05) is 68.9 Å². The predicted octanol–water partition coefficient (Wildman–Crippen LogP) is 2.67. The number of halogens is 2. The number of hydrogen-bond acceptors (Lipinski definition) is 7. The Labute approximate surface area is 202 Å². The first-order valence-electron chi connectivity index (χ1n) is 11.4. The van der Waals surface area contributed by atoms with Crippen LogP contribution < -0.4 is 10.1 Å². The average molecular weight is 484 g/mol. The molecule has 2 N–H and O–H groups in total. The molecule has 1 aliphatic heterocycles. The van der Waals surface area contributed by atoms with Gasteiger partial charge in [-0.05, 0) is 29.8 Å². The number of ether oxygens (including phenoxy) is 1. The summed E-state index contributed by atoms with van der Waals surface area (Å²) >= 11 is 0. The monoisotopic (exact) mass is 483 g/mol. The van der Waals surface area contributed by atoms with Crippen molar-refractivity contribution in [2.24, 2.45) is 0 Å². The molecule has 4 rings (SSSR count). The van der Waals surface area contributed by atoms with Gasteiger partial charge in [-0.25, -0.2) is 18.7 Å². The molecule has 0 radical (unpaired) electrons. The molecule has 0 unspecified atom stereocenters. The van der Waals surface area contributed by atoms with Gasteiger partial charge in [0.1, 0.15) is 29.8 Å². The first-order valence-corrected chi connectivity index (χ1v) is 11.4. The van der Waals surface area contributed by atoms with Crippen molar-refractivity contribution >= 4 is 5.91 Å². The Morgan fingerprint density at radius 2 is 1.83 bits per heavy atom. The van der Waals surface area contributed by atoms with Crippen LogP contribution in [0.15, 0.2) is 54.9 Å². The smallest absolute Gasteiger partial charge is 0.227 e. The van der Waals surface area contributed by atoms with Gasteiger partial charge >= 0.3 is 0 Å². The molecule has 0 spiro atoms. The zero-order valence-corrected chi connectivity index (χ0v) is 19.2. The highest BCUT2D eigenvalue weighted by Gasteiger charge is 2.15. The van der Waals surface area contributed by atoms with Crippen molar-refractivity contribution in [3.63, 3.8) is 0 Å². The zero-order chi connectivity index (χ0) is 24.6. The van der Waals surface area contributed by atoms with Crippen molar-refractivity contribution in [3.05, 3.63) is 77.9 Å². The third-order valence-corrected chi connectivity index (χ3v) is 5.68. The number of nitrogens with one attached hydrogen (secondary N) is 1. The summed E-state index contributed by atoms with van der Waals surface area (Å²) in [6.07, 6.45) is 2.90. The van der Waals surface area contributed by atoms with Crippen LogP contribution in [0.4, 0.5) is 8.78 Å². The summed E-state index contributed by atoms with van der Waals surface area (Å²) in [5, 5.41) is 13.4. The molecule has 1 amide bonds. The Bertz CT molecular complexity index is 1140. The van der Waals surface area contributed by atoms with Crippen molar-refractivity contribution < 1.29 is 23.5 Å². The van der Waals surface area contributed by atoms with Crippen LogP contribution in [0.5, 0.6) is 5.75 Å². The van der Waals surface area contributed by atoms with Gasteiger partial charge < -0.3 is 15.3 Å². The molecule has 184 valence electrons. The Kier molecular flexibility index (Phi) is 8.30. The maximum atomic E-state index is 14.7. The van der Waals surface area contributed by atoms with Gasteiger partial charge in [-0.15, -0.1) is 0 Å². The second-order valence-electron chi connectivity index (χ2n) is 8.26. The molecule has 0 atom stereocenters. The van der Waals surface area contributed by atoms with E-state index < -0.39 is 5.82 Å². The highest BCUT2D eigenvalue weighted by molar-refractivity contribution is 5.77. The van der Waals surface area contributed by atoms with Gasteiger partial charge in [-0.2, -0.15) is 5.06 Å². The molecule has 2 heterocycles. The van der Waals surface area contributed by atoms with E-state index in [-0.39, 0.29) is 24.7 Å². The van der Waals surface area contributed by atoms with E-state index in [1.165, 1.54) is 35.7 Å². The van der Waals surface area contributed by atoms with E-state index in [4.69, 9.17) is 4.74 Å². The number of aromatic nitrogens is 2. The Morgan fingerprint density at radius 1 is 1.06 bits per heavy atom. The lowest BCUT2D eigenvalue weighted by atomic mass is 10.1. The minimum absolute atomic E-state index is 0.0434. The van der Waals surface area contributed by atoms with Gasteiger partial charge in [0.2, 0.25) is 5.91 Å². The second-order valence-corrected chi connectivity index (χ2v) is 8.26. The van der Waals surface area contributed by atoms with Crippen molar-refractivity contribution in [1.82, 2.24) is 25.2 Å². The molecule has 8 nitrogen and oxygen atoms in total. The molecule has 35 heavy (non-hydrogen) atoms. The van der Waals surface area contributed by atoms with E-state index in [0.29, 0.717) is 54.5 Å². The molecule has 1 fully saturated rings. The number of piperazine rings is 1. The van der Waals surface area contributed by atoms with E-state index in [2.05, 4.69) is 20.2 Å². The van der Waals surface area contributed by atoms with E-state index >= 15 is 0 Å². The summed E-state index contributed by atoms with van der Waals surface area (Å²) in [5.74, 6) is -0.388. The van der Waals surface area contributed by atoms with Crippen molar-refractivity contribution in [3.8, 4) is 16.9 Å². The molecule has 1 aromatic heterocycles. The molecular formula is C25H27F2N5O3. The molecule has 10 heteroatoms. The first-order chi connectivity index (χ1) is 17.0. The van der Waals surface area contributed by atoms with Gasteiger partial charge in [-0.1, -0.05) is 12.1 Å². The molecular weight excluding hydrogens is 456 g/mol. The third kappa shape index (κ3) is 7.25. The molecule has 2 aromatic carbocycles. The Morgan fingerprint density at radius 3 is 2.54 bits per heavy atom. The first kappa shape index (κ1) is 24.6. The van der Waals surface area contributed by atoms with Crippen LogP contribution in [0.1, 0.15) is 11.4 Å². The Balaban J connectivity index is 1.26. The zero-order valence-electron chi connectivity index (χ0n) is 19.2. The summed E-state index contributed by atoms with van der Waals surface area (Å²) in [5.41, 5.74) is 1.47. The summed E-state index contributed by atoms with van der Waals surface area (Å²) in [4.78, 5) is 22.7. The minimum atomic E-state index is -0.458. The summed E-state index contributed by atoms with van der Waals surface area (Å²) < 4.78 is 33.6.